The van der Waals surface area contributed by atoms with Crippen molar-refractivity contribution in [3.05, 3.63) is 41.6 Å². The molecule has 5 heteroatoms. The average molecular weight is 231 g/mol. The molecule has 1 aromatic carbocycles. The van der Waals surface area contributed by atoms with Gasteiger partial charge in [-0.3, -0.25) is 0 Å². The lowest BCUT2D eigenvalue weighted by atomic mass is 10.1. The zero-order valence-electron chi connectivity index (χ0n) is 9.42. The van der Waals surface area contributed by atoms with Crippen LogP contribution in [0.15, 0.2) is 30.3 Å². The molecule has 2 rings (SSSR count). The molecule has 0 saturated carbocycles. The van der Waals surface area contributed by atoms with Crippen LogP contribution >= 0.6 is 0 Å². The van der Waals surface area contributed by atoms with Crippen molar-refractivity contribution in [2.24, 2.45) is 0 Å². The van der Waals surface area contributed by atoms with Gasteiger partial charge in [0, 0.05) is 6.42 Å². The van der Waals surface area contributed by atoms with Crippen LogP contribution in [0.1, 0.15) is 11.3 Å². The lowest BCUT2D eigenvalue weighted by Crippen LogP contribution is -2.01. The molecule has 1 heterocycles. The van der Waals surface area contributed by atoms with Gasteiger partial charge >= 0.3 is 0 Å². The first-order chi connectivity index (χ1) is 8.19. The van der Waals surface area contributed by atoms with E-state index < -0.39 is 0 Å². The van der Waals surface area contributed by atoms with E-state index in [1.807, 2.05) is 6.07 Å². The Balaban J connectivity index is 2.22. The normalized spacial score (nSPS) is 10.2. The van der Waals surface area contributed by atoms with E-state index in [0.717, 1.165) is 11.3 Å². The van der Waals surface area contributed by atoms with Gasteiger partial charge < -0.3 is 15.6 Å². The van der Waals surface area contributed by atoms with Gasteiger partial charge in [-0.2, -0.15) is 5.10 Å². The van der Waals surface area contributed by atoms with E-state index in [0.29, 0.717) is 18.0 Å². The maximum atomic E-state index is 9.35. The number of nitrogens with two attached hydrogens (primary N) is 1. The van der Waals surface area contributed by atoms with Crippen molar-refractivity contribution in [3.63, 3.8) is 0 Å². The van der Waals surface area contributed by atoms with Gasteiger partial charge in [0.1, 0.15) is 5.75 Å². The summed E-state index contributed by atoms with van der Waals surface area (Å²) in [6.45, 7) is 0. The number of ether oxygens (including phenoxy) is 1. The standard InChI is InChI=1S/C12H13N3O2/c1-17-12-11(13)7-9(14-15-12)5-8-3-2-4-10(16)6-8/h2-4,6-7,16H,5H2,1H3,(H2,13,14). The van der Waals surface area contributed by atoms with E-state index in [-0.39, 0.29) is 5.75 Å². The number of hydrogen-bond acceptors (Lipinski definition) is 5. The quantitative estimate of drug-likeness (QED) is 0.833. The van der Waals surface area contributed by atoms with Crippen LogP contribution in [0.3, 0.4) is 0 Å². The summed E-state index contributed by atoms with van der Waals surface area (Å²) in [5, 5.41) is 17.2. The zero-order valence-corrected chi connectivity index (χ0v) is 9.42. The zero-order chi connectivity index (χ0) is 12.3. The number of aromatic hydroxyl groups is 1. The number of phenols is 1. The minimum absolute atomic E-state index is 0.233. The molecule has 0 aliphatic heterocycles. The van der Waals surface area contributed by atoms with Crippen molar-refractivity contribution in [2.45, 2.75) is 6.42 Å². The molecule has 0 saturated heterocycles. The van der Waals surface area contributed by atoms with Gasteiger partial charge in [-0.25, -0.2) is 0 Å². The minimum atomic E-state index is 0.233. The highest BCUT2D eigenvalue weighted by atomic mass is 16.5. The molecule has 0 bridgehead atoms. The van der Waals surface area contributed by atoms with Crippen LogP contribution < -0.4 is 10.5 Å². The first-order valence-corrected chi connectivity index (χ1v) is 5.13. The minimum Gasteiger partial charge on any atom is -0.508 e. The number of aromatic nitrogens is 2. The molecule has 5 nitrogen and oxygen atoms in total. The third kappa shape index (κ3) is 2.63. The molecule has 0 fully saturated rings. The lowest BCUT2D eigenvalue weighted by molar-refractivity contribution is 0.393. The fraction of sp³-hybridized carbons (Fsp3) is 0.167. The molecule has 1 aromatic heterocycles. The van der Waals surface area contributed by atoms with Gasteiger partial charge in [-0.15, -0.1) is 5.10 Å². The molecular weight excluding hydrogens is 218 g/mol. The molecular formula is C12H13N3O2. The monoisotopic (exact) mass is 231 g/mol. The Bertz CT molecular complexity index is 529. The van der Waals surface area contributed by atoms with Crippen LogP contribution in [0, 0.1) is 0 Å². The Kier molecular flexibility index (Phi) is 3.09. The van der Waals surface area contributed by atoms with Crippen LogP contribution in [0.2, 0.25) is 0 Å². The summed E-state index contributed by atoms with van der Waals surface area (Å²) in [4.78, 5) is 0. The van der Waals surface area contributed by atoms with Crippen LogP contribution in [0.5, 0.6) is 11.6 Å². The molecule has 0 amide bonds. The number of rotatable bonds is 3. The fourth-order valence-corrected chi connectivity index (χ4v) is 1.56. The number of nitrogens with zero attached hydrogens (tertiary/aromatic N) is 2. The summed E-state index contributed by atoms with van der Waals surface area (Å²) < 4.78 is 4.93. The predicted octanol–water partition coefficient (Wildman–Crippen LogP) is 1.36. The number of methoxy groups -OCH3 is 1. The molecule has 0 unspecified atom stereocenters. The van der Waals surface area contributed by atoms with E-state index in [1.54, 1.807) is 24.3 Å². The number of anilines is 1. The Hall–Kier alpha value is -2.30. The number of hydrogen-bond donors (Lipinski definition) is 2. The Morgan fingerprint density at radius 1 is 1.29 bits per heavy atom. The molecule has 0 atom stereocenters. The molecule has 0 radical (unpaired) electrons. The number of benzene rings is 1. The van der Waals surface area contributed by atoms with Crippen molar-refractivity contribution >= 4 is 5.69 Å². The molecule has 88 valence electrons. The van der Waals surface area contributed by atoms with Crippen molar-refractivity contribution in [3.8, 4) is 11.6 Å². The summed E-state index contributed by atoms with van der Waals surface area (Å²) in [7, 11) is 1.50. The first kappa shape index (κ1) is 11.2. The van der Waals surface area contributed by atoms with E-state index in [2.05, 4.69) is 10.2 Å². The summed E-state index contributed by atoms with van der Waals surface area (Å²) in [6, 6.07) is 8.71. The number of nitrogen functional groups attached to an aromatic ring is 1. The summed E-state index contributed by atoms with van der Waals surface area (Å²) >= 11 is 0. The van der Waals surface area contributed by atoms with Gasteiger partial charge in [0.05, 0.1) is 18.5 Å². The van der Waals surface area contributed by atoms with Crippen molar-refractivity contribution < 1.29 is 9.84 Å². The molecule has 0 aliphatic carbocycles. The van der Waals surface area contributed by atoms with Crippen LogP contribution in [0.4, 0.5) is 5.69 Å². The van der Waals surface area contributed by atoms with Gasteiger partial charge in [0.2, 0.25) is 0 Å². The second kappa shape index (κ2) is 4.69. The Morgan fingerprint density at radius 3 is 2.76 bits per heavy atom. The first-order valence-electron chi connectivity index (χ1n) is 5.13. The Labute approximate surface area is 98.9 Å². The van der Waals surface area contributed by atoms with Gasteiger partial charge in [-0.1, -0.05) is 12.1 Å². The highest BCUT2D eigenvalue weighted by Gasteiger charge is 2.05. The van der Waals surface area contributed by atoms with Gasteiger partial charge in [0.25, 0.3) is 5.88 Å². The second-order valence-electron chi connectivity index (χ2n) is 3.65. The fourth-order valence-electron chi connectivity index (χ4n) is 1.56. The second-order valence-corrected chi connectivity index (χ2v) is 3.65. The molecule has 0 aliphatic rings. The molecule has 0 spiro atoms. The molecule has 3 N–H and O–H groups in total. The summed E-state index contributed by atoms with van der Waals surface area (Å²) in [6.07, 6.45) is 0.565. The van der Waals surface area contributed by atoms with Crippen molar-refractivity contribution in [1.82, 2.24) is 10.2 Å². The van der Waals surface area contributed by atoms with Gasteiger partial charge in [-0.05, 0) is 23.8 Å². The molecule has 17 heavy (non-hydrogen) atoms. The SMILES string of the molecule is COc1nnc(Cc2cccc(O)c2)cc1N. The molecule has 2 aromatic rings. The topological polar surface area (TPSA) is 81.3 Å². The largest absolute Gasteiger partial charge is 0.508 e. The number of phenolic OH excluding ortho intramolecular Hbond substituents is 1. The van der Waals surface area contributed by atoms with Crippen molar-refractivity contribution in [2.75, 3.05) is 12.8 Å². The van der Waals surface area contributed by atoms with Crippen LogP contribution in [-0.2, 0) is 6.42 Å². The summed E-state index contributed by atoms with van der Waals surface area (Å²) in [5.41, 5.74) is 7.87. The maximum absolute atomic E-state index is 9.35. The van der Waals surface area contributed by atoms with E-state index in [4.69, 9.17) is 10.5 Å². The third-order valence-corrected chi connectivity index (χ3v) is 2.33. The maximum Gasteiger partial charge on any atom is 0.256 e. The Morgan fingerprint density at radius 2 is 2.12 bits per heavy atom. The highest BCUT2D eigenvalue weighted by molar-refractivity contribution is 5.48. The predicted molar refractivity (Wildman–Crippen MR) is 63.9 cm³/mol. The van der Waals surface area contributed by atoms with E-state index in [9.17, 15) is 5.11 Å². The summed E-state index contributed by atoms with van der Waals surface area (Å²) in [5.74, 6) is 0.557. The van der Waals surface area contributed by atoms with Crippen molar-refractivity contribution in [1.29, 1.82) is 0 Å². The van der Waals surface area contributed by atoms with E-state index in [1.165, 1.54) is 7.11 Å². The average Bonchev–Trinajstić information content (AvgIpc) is 2.29. The van der Waals surface area contributed by atoms with Crippen LogP contribution in [0.25, 0.3) is 0 Å². The highest BCUT2D eigenvalue weighted by Crippen LogP contribution is 2.19. The third-order valence-electron chi connectivity index (χ3n) is 2.33. The van der Waals surface area contributed by atoms with E-state index >= 15 is 0 Å². The smallest absolute Gasteiger partial charge is 0.256 e. The van der Waals surface area contributed by atoms with Crippen LogP contribution in [-0.4, -0.2) is 22.4 Å². The van der Waals surface area contributed by atoms with Gasteiger partial charge in [0.15, 0.2) is 0 Å². The lowest BCUT2D eigenvalue weighted by Gasteiger charge is -2.05.